The van der Waals surface area contributed by atoms with E-state index >= 15 is 0 Å². The van der Waals surface area contributed by atoms with Gasteiger partial charge in [-0.15, -0.1) is 5.06 Å². The van der Waals surface area contributed by atoms with Gasteiger partial charge in [0.15, 0.2) is 5.54 Å². The Kier molecular flexibility index (Phi) is 3.15. The smallest absolute Gasteiger partial charge is 0.251 e. The van der Waals surface area contributed by atoms with Gasteiger partial charge in [0.2, 0.25) is 0 Å². The molecule has 1 aromatic heterocycles. The van der Waals surface area contributed by atoms with Gasteiger partial charge >= 0.3 is 0 Å². The molecule has 0 aromatic carbocycles. The van der Waals surface area contributed by atoms with E-state index < -0.39 is 11.2 Å². The highest BCUT2D eigenvalue weighted by molar-refractivity contribution is 5.89. The summed E-state index contributed by atoms with van der Waals surface area (Å²) in [6.45, 7) is 7.58. The summed E-state index contributed by atoms with van der Waals surface area (Å²) in [6.07, 6.45) is 3.28. The Balaban J connectivity index is 2.58. The van der Waals surface area contributed by atoms with Gasteiger partial charge in [-0.2, -0.15) is 0 Å². The van der Waals surface area contributed by atoms with Crippen LogP contribution >= 0.6 is 0 Å². The fourth-order valence-electron chi connectivity index (χ4n) is 2.75. The Labute approximate surface area is 113 Å². The summed E-state index contributed by atoms with van der Waals surface area (Å²) in [5.74, 6) is -0.0378. The van der Waals surface area contributed by atoms with Gasteiger partial charge in [0.25, 0.3) is 5.91 Å². The minimum absolute atomic E-state index is 0.0879. The number of amides is 1. The Morgan fingerprint density at radius 3 is 2.42 bits per heavy atom. The minimum Gasteiger partial charge on any atom is -0.323 e. The van der Waals surface area contributed by atoms with Crippen LogP contribution in [0.25, 0.3) is 0 Å². The first-order chi connectivity index (χ1) is 8.77. The number of rotatable bonds is 2. The van der Waals surface area contributed by atoms with Gasteiger partial charge in [-0.25, -0.2) is 0 Å². The molecule has 0 spiro atoms. The molecule has 1 fully saturated rings. The number of likely N-dealkylation sites (N-methyl/N-ethyl adjacent to an activating group) is 1. The summed E-state index contributed by atoms with van der Waals surface area (Å²) < 4.78 is 0. The molecule has 1 aromatic rings. The first-order valence-corrected chi connectivity index (χ1v) is 6.45. The third-order valence-corrected chi connectivity index (χ3v) is 4.57. The summed E-state index contributed by atoms with van der Waals surface area (Å²) in [4.78, 5) is 18.3. The fraction of sp³-hybridized carbons (Fsp3) is 0.571. The highest BCUT2D eigenvalue weighted by Crippen LogP contribution is 2.45. The SMILES string of the molecule is CC(C)[C@]1(C)N(C)C(=O)[C@](C)(c2cccnc2)N1O. The van der Waals surface area contributed by atoms with Gasteiger partial charge in [0, 0.05) is 25.0 Å². The van der Waals surface area contributed by atoms with E-state index in [0.717, 1.165) is 0 Å². The molecule has 0 radical (unpaired) electrons. The van der Waals surface area contributed by atoms with E-state index in [1.807, 2.05) is 26.8 Å². The van der Waals surface area contributed by atoms with Crippen molar-refractivity contribution in [1.82, 2.24) is 14.9 Å². The summed E-state index contributed by atoms with van der Waals surface area (Å²) in [5.41, 5.74) is -1.14. The van der Waals surface area contributed by atoms with Crippen molar-refractivity contribution < 1.29 is 10.0 Å². The summed E-state index contributed by atoms with van der Waals surface area (Å²) in [7, 11) is 1.73. The molecule has 2 atom stereocenters. The van der Waals surface area contributed by atoms with Crippen LogP contribution in [0.3, 0.4) is 0 Å². The zero-order valence-corrected chi connectivity index (χ0v) is 12.1. The number of aromatic nitrogens is 1. The topological polar surface area (TPSA) is 56.7 Å². The molecule has 1 aliphatic rings. The van der Waals surface area contributed by atoms with Crippen LogP contribution in [0.2, 0.25) is 0 Å². The number of hydrogen-bond acceptors (Lipinski definition) is 4. The number of hydroxylamine groups is 2. The van der Waals surface area contributed by atoms with Gasteiger partial charge in [-0.1, -0.05) is 19.9 Å². The van der Waals surface area contributed by atoms with Gasteiger partial charge in [0.05, 0.1) is 0 Å². The molecule has 0 saturated carbocycles. The van der Waals surface area contributed by atoms with Crippen molar-refractivity contribution >= 4 is 5.91 Å². The summed E-state index contributed by atoms with van der Waals surface area (Å²) in [6, 6.07) is 3.58. The standard InChI is InChI=1S/C14H21N3O2/c1-10(2)14(4)16(5)12(18)13(3,17(14)19)11-7-6-8-15-9-11/h6-10,19H,1-5H3/t13-,14+/m0/s1. The van der Waals surface area contributed by atoms with Crippen LogP contribution in [-0.4, -0.2) is 38.8 Å². The van der Waals surface area contributed by atoms with Gasteiger partial charge in [-0.05, 0) is 25.8 Å². The number of carbonyl (C=O) groups is 1. The van der Waals surface area contributed by atoms with Crippen LogP contribution in [0, 0.1) is 5.92 Å². The lowest BCUT2D eigenvalue weighted by atomic mass is 9.91. The predicted molar refractivity (Wildman–Crippen MR) is 71.2 cm³/mol. The maximum Gasteiger partial charge on any atom is 0.251 e. The van der Waals surface area contributed by atoms with Crippen LogP contribution in [-0.2, 0) is 10.3 Å². The largest absolute Gasteiger partial charge is 0.323 e. The zero-order valence-electron chi connectivity index (χ0n) is 12.1. The van der Waals surface area contributed by atoms with Crippen molar-refractivity contribution in [1.29, 1.82) is 0 Å². The minimum atomic E-state index is -1.10. The number of hydrogen-bond donors (Lipinski definition) is 1. The molecule has 1 amide bonds. The first kappa shape index (κ1) is 14.0. The molecule has 0 aliphatic carbocycles. The molecule has 5 nitrogen and oxygen atoms in total. The molecule has 2 heterocycles. The fourth-order valence-corrected chi connectivity index (χ4v) is 2.75. The second-order valence-corrected chi connectivity index (χ2v) is 5.74. The van der Waals surface area contributed by atoms with Crippen LogP contribution in [0.1, 0.15) is 33.3 Å². The molecule has 1 saturated heterocycles. The van der Waals surface area contributed by atoms with Crippen LogP contribution in [0.15, 0.2) is 24.5 Å². The second kappa shape index (κ2) is 4.28. The highest BCUT2D eigenvalue weighted by atomic mass is 16.5. The Morgan fingerprint density at radius 2 is 2.00 bits per heavy atom. The molecule has 0 bridgehead atoms. The molecule has 104 valence electrons. The summed E-state index contributed by atoms with van der Waals surface area (Å²) >= 11 is 0. The maximum absolute atomic E-state index is 12.7. The lowest BCUT2D eigenvalue weighted by molar-refractivity contribution is -0.235. The maximum atomic E-state index is 12.7. The molecular formula is C14H21N3O2. The molecule has 1 N–H and O–H groups in total. The zero-order chi connectivity index (χ0) is 14.4. The van der Waals surface area contributed by atoms with E-state index in [0.29, 0.717) is 5.56 Å². The van der Waals surface area contributed by atoms with E-state index in [-0.39, 0.29) is 11.8 Å². The van der Waals surface area contributed by atoms with Crippen LogP contribution in [0.4, 0.5) is 0 Å². The van der Waals surface area contributed by atoms with E-state index in [4.69, 9.17) is 0 Å². The van der Waals surface area contributed by atoms with Gasteiger partial charge in [0.1, 0.15) is 5.66 Å². The first-order valence-electron chi connectivity index (χ1n) is 6.45. The number of carbonyl (C=O) groups excluding carboxylic acids is 1. The average molecular weight is 263 g/mol. The van der Waals surface area contributed by atoms with Crippen LogP contribution in [0.5, 0.6) is 0 Å². The van der Waals surface area contributed by atoms with Crippen molar-refractivity contribution in [3.63, 3.8) is 0 Å². The monoisotopic (exact) mass is 263 g/mol. The third kappa shape index (κ3) is 1.61. The quantitative estimate of drug-likeness (QED) is 0.884. The third-order valence-electron chi connectivity index (χ3n) is 4.57. The Bertz CT molecular complexity index is 491. The van der Waals surface area contributed by atoms with Crippen molar-refractivity contribution in [2.75, 3.05) is 7.05 Å². The normalized spacial score (nSPS) is 32.4. The Hall–Kier alpha value is -1.46. The van der Waals surface area contributed by atoms with Crippen molar-refractivity contribution in [3.05, 3.63) is 30.1 Å². The molecule has 2 rings (SSSR count). The molecule has 0 unspecified atom stereocenters. The number of pyridine rings is 1. The predicted octanol–water partition coefficient (Wildman–Crippen LogP) is 1.83. The van der Waals surface area contributed by atoms with Gasteiger partial charge in [-0.3, -0.25) is 9.78 Å². The van der Waals surface area contributed by atoms with E-state index in [1.165, 1.54) is 5.06 Å². The van der Waals surface area contributed by atoms with Crippen molar-refractivity contribution in [2.45, 2.75) is 38.9 Å². The average Bonchev–Trinajstić information content (AvgIpc) is 2.55. The molecule has 5 heteroatoms. The van der Waals surface area contributed by atoms with E-state index in [9.17, 15) is 10.0 Å². The Morgan fingerprint density at radius 1 is 1.37 bits per heavy atom. The van der Waals surface area contributed by atoms with E-state index in [1.54, 1.807) is 37.3 Å². The lowest BCUT2D eigenvalue weighted by Gasteiger charge is -2.41. The van der Waals surface area contributed by atoms with E-state index in [2.05, 4.69) is 4.98 Å². The van der Waals surface area contributed by atoms with Crippen molar-refractivity contribution in [2.24, 2.45) is 5.92 Å². The molecule has 1 aliphatic heterocycles. The van der Waals surface area contributed by atoms with Gasteiger partial charge < -0.3 is 10.1 Å². The number of nitrogens with zero attached hydrogens (tertiary/aromatic N) is 3. The van der Waals surface area contributed by atoms with Crippen LogP contribution < -0.4 is 0 Å². The molecular weight excluding hydrogens is 242 g/mol. The lowest BCUT2D eigenvalue weighted by Crippen LogP contribution is -2.55. The highest BCUT2D eigenvalue weighted by Gasteiger charge is 2.61. The molecule has 19 heavy (non-hydrogen) atoms. The second-order valence-electron chi connectivity index (χ2n) is 5.74. The summed E-state index contributed by atoms with van der Waals surface area (Å²) in [5, 5.41) is 11.8. The van der Waals surface area contributed by atoms with Crippen molar-refractivity contribution in [3.8, 4) is 0 Å².